The molecule has 4 aromatic rings. The number of carbonyl (C=O) groups excluding carboxylic acids is 2. The average Bonchev–Trinajstić information content (AvgIpc) is 3.43. The van der Waals surface area contributed by atoms with E-state index < -0.39 is 29.5 Å². The molecule has 0 saturated carbocycles. The van der Waals surface area contributed by atoms with Crippen molar-refractivity contribution in [3.8, 4) is 22.6 Å². The molecule has 0 spiro atoms. The number of aromatic nitrogens is 2. The number of para-hydroxylation sites is 1. The molecule has 11 heteroatoms. The van der Waals surface area contributed by atoms with E-state index in [1.807, 2.05) is 13.1 Å². The first kappa shape index (κ1) is 29.7. The van der Waals surface area contributed by atoms with Crippen LogP contribution in [0.3, 0.4) is 0 Å². The number of halogens is 3. The lowest BCUT2D eigenvalue weighted by molar-refractivity contribution is -0.137. The van der Waals surface area contributed by atoms with E-state index in [1.54, 1.807) is 60.3 Å². The summed E-state index contributed by atoms with van der Waals surface area (Å²) in [6.07, 6.45) is -0.291. The molecule has 0 radical (unpaired) electrons. The first-order chi connectivity index (χ1) is 20.6. The molecule has 0 aliphatic carbocycles. The Morgan fingerprint density at radius 1 is 0.907 bits per heavy atom. The molecule has 43 heavy (non-hydrogen) atoms. The van der Waals surface area contributed by atoms with Crippen molar-refractivity contribution in [1.29, 1.82) is 0 Å². The third-order valence-corrected chi connectivity index (χ3v) is 7.38. The maximum Gasteiger partial charge on any atom is 0.416 e. The van der Waals surface area contributed by atoms with Crippen LogP contribution in [-0.4, -0.2) is 42.4 Å². The van der Waals surface area contributed by atoms with E-state index in [0.29, 0.717) is 34.7 Å². The van der Waals surface area contributed by atoms with Crippen molar-refractivity contribution in [2.75, 3.05) is 30.6 Å². The highest BCUT2D eigenvalue weighted by Gasteiger charge is 2.43. The second-order valence-corrected chi connectivity index (χ2v) is 10.0. The number of benzene rings is 3. The zero-order valence-corrected chi connectivity index (χ0v) is 24.2. The fraction of sp³-hybridized carbons (Fsp3) is 0.281. The van der Waals surface area contributed by atoms with E-state index in [9.17, 15) is 22.8 Å². The SMILES string of the molecule is CCCn1cc(-c2cc(C3C(=O)N(CC)c4ccc(C(F)(F)F)cc4N(c4ccccc4)C3=O)cc(OC)c2OC)cn1. The number of carbonyl (C=O) groups is 2. The normalized spacial score (nSPS) is 15.4. The van der Waals surface area contributed by atoms with Crippen molar-refractivity contribution in [1.82, 2.24) is 9.78 Å². The van der Waals surface area contributed by atoms with Crippen LogP contribution in [0.2, 0.25) is 0 Å². The number of fused-ring (bicyclic) bond motifs is 1. The minimum Gasteiger partial charge on any atom is -0.493 e. The van der Waals surface area contributed by atoms with Gasteiger partial charge in [-0.25, -0.2) is 0 Å². The largest absolute Gasteiger partial charge is 0.493 e. The lowest BCUT2D eigenvalue weighted by atomic mass is 9.92. The van der Waals surface area contributed by atoms with Gasteiger partial charge in [0.2, 0.25) is 11.8 Å². The van der Waals surface area contributed by atoms with Crippen LogP contribution in [-0.2, 0) is 22.3 Å². The van der Waals surface area contributed by atoms with Crippen LogP contribution in [0.25, 0.3) is 11.1 Å². The molecule has 0 bridgehead atoms. The first-order valence-corrected chi connectivity index (χ1v) is 13.8. The maximum absolute atomic E-state index is 14.5. The van der Waals surface area contributed by atoms with E-state index in [4.69, 9.17) is 9.47 Å². The molecule has 1 atom stereocenters. The number of aryl methyl sites for hydroxylation is 1. The van der Waals surface area contributed by atoms with Crippen LogP contribution >= 0.6 is 0 Å². The van der Waals surface area contributed by atoms with Gasteiger partial charge in [0.05, 0.1) is 37.4 Å². The summed E-state index contributed by atoms with van der Waals surface area (Å²) >= 11 is 0. The summed E-state index contributed by atoms with van der Waals surface area (Å²) in [7, 11) is 2.94. The van der Waals surface area contributed by atoms with Crippen molar-refractivity contribution in [3.05, 3.63) is 84.2 Å². The van der Waals surface area contributed by atoms with Crippen molar-refractivity contribution in [3.63, 3.8) is 0 Å². The van der Waals surface area contributed by atoms with Gasteiger partial charge in [-0.2, -0.15) is 18.3 Å². The summed E-state index contributed by atoms with van der Waals surface area (Å²) < 4.78 is 54.7. The number of alkyl halides is 3. The Kier molecular flexibility index (Phi) is 8.16. The van der Waals surface area contributed by atoms with Gasteiger partial charge in [-0.15, -0.1) is 0 Å². The third-order valence-electron chi connectivity index (χ3n) is 7.38. The number of amides is 2. The lowest BCUT2D eigenvalue weighted by Gasteiger charge is -2.26. The minimum atomic E-state index is -4.66. The maximum atomic E-state index is 14.5. The van der Waals surface area contributed by atoms with Crippen LogP contribution in [0.1, 0.15) is 37.3 Å². The summed E-state index contributed by atoms with van der Waals surface area (Å²) in [6, 6.07) is 14.7. The molecule has 1 unspecified atom stereocenters. The summed E-state index contributed by atoms with van der Waals surface area (Å²) in [4.78, 5) is 31.3. The van der Waals surface area contributed by atoms with Crippen LogP contribution in [0.4, 0.5) is 30.2 Å². The molecule has 8 nitrogen and oxygen atoms in total. The van der Waals surface area contributed by atoms with Gasteiger partial charge in [-0.1, -0.05) is 25.1 Å². The molecule has 0 saturated heterocycles. The number of hydrogen-bond donors (Lipinski definition) is 0. The molecule has 1 aliphatic rings. The van der Waals surface area contributed by atoms with Crippen LogP contribution in [0, 0.1) is 0 Å². The summed E-state index contributed by atoms with van der Waals surface area (Å²) in [5.74, 6) is -2.01. The lowest BCUT2D eigenvalue weighted by Crippen LogP contribution is -2.39. The van der Waals surface area contributed by atoms with Crippen LogP contribution < -0.4 is 19.3 Å². The highest BCUT2D eigenvalue weighted by atomic mass is 19.4. The van der Waals surface area contributed by atoms with Crippen LogP contribution in [0.5, 0.6) is 11.5 Å². The summed E-state index contributed by atoms with van der Waals surface area (Å²) in [5.41, 5.74) is 1.09. The Morgan fingerprint density at radius 3 is 2.28 bits per heavy atom. The molecular formula is C32H31F3N4O4. The molecule has 0 fully saturated rings. The molecule has 224 valence electrons. The average molecular weight is 593 g/mol. The molecule has 5 rings (SSSR count). The van der Waals surface area contributed by atoms with Crippen molar-refractivity contribution < 1.29 is 32.2 Å². The van der Waals surface area contributed by atoms with Crippen LogP contribution in [0.15, 0.2) is 73.1 Å². The number of hydrogen-bond acceptors (Lipinski definition) is 5. The van der Waals surface area contributed by atoms with Gasteiger partial charge in [0, 0.05) is 36.1 Å². The Hall–Kier alpha value is -4.80. The number of methoxy groups -OCH3 is 2. The number of likely N-dealkylation sites (N-methyl/N-ethyl adjacent to an activating group) is 1. The quantitative estimate of drug-likeness (QED) is 0.210. The molecule has 0 N–H and O–H groups in total. The smallest absolute Gasteiger partial charge is 0.416 e. The number of rotatable bonds is 8. The molecule has 1 aliphatic heterocycles. The predicted molar refractivity (Wildman–Crippen MR) is 157 cm³/mol. The topological polar surface area (TPSA) is 76.9 Å². The standard InChI is InChI=1S/C32H31F3N4O4/c1-5-14-37-19-21(18-36-37)24-15-20(16-27(42-3)29(24)43-4)28-30(40)38(6-2)25-13-12-22(32(33,34)35)17-26(25)39(31(28)41)23-10-8-7-9-11-23/h7-13,15-19,28H,5-6,14H2,1-4H3. The van der Waals surface area contributed by atoms with Gasteiger partial charge in [0.25, 0.3) is 0 Å². The second-order valence-electron chi connectivity index (χ2n) is 10.0. The van der Waals surface area contributed by atoms with Gasteiger partial charge in [-0.05, 0) is 61.4 Å². The number of nitrogens with zero attached hydrogens (tertiary/aromatic N) is 4. The Labute approximate surface area is 247 Å². The third kappa shape index (κ3) is 5.42. The van der Waals surface area contributed by atoms with E-state index in [2.05, 4.69) is 5.10 Å². The zero-order chi connectivity index (χ0) is 30.9. The minimum absolute atomic E-state index is 0.0368. The molecule has 2 amide bonds. The van der Waals surface area contributed by atoms with Gasteiger partial charge in [0.1, 0.15) is 5.92 Å². The Morgan fingerprint density at radius 2 is 1.65 bits per heavy atom. The molecule has 3 aromatic carbocycles. The first-order valence-electron chi connectivity index (χ1n) is 13.8. The van der Waals surface area contributed by atoms with E-state index in [1.165, 1.54) is 30.1 Å². The summed E-state index contributed by atoms with van der Waals surface area (Å²) in [5, 5.41) is 4.41. The van der Waals surface area contributed by atoms with Gasteiger partial charge in [0.15, 0.2) is 11.5 Å². The molecule has 2 heterocycles. The van der Waals surface area contributed by atoms with E-state index in [0.717, 1.165) is 18.6 Å². The van der Waals surface area contributed by atoms with Gasteiger partial charge in [-0.3, -0.25) is 19.2 Å². The summed E-state index contributed by atoms with van der Waals surface area (Å²) in [6.45, 7) is 4.55. The fourth-order valence-electron chi connectivity index (χ4n) is 5.41. The van der Waals surface area contributed by atoms with Crippen molar-refractivity contribution >= 4 is 28.9 Å². The van der Waals surface area contributed by atoms with Crippen molar-refractivity contribution in [2.24, 2.45) is 0 Å². The Balaban J connectivity index is 1.76. The monoisotopic (exact) mass is 592 g/mol. The van der Waals surface area contributed by atoms with Crippen molar-refractivity contribution in [2.45, 2.75) is 38.9 Å². The fourth-order valence-corrected chi connectivity index (χ4v) is 5.41. The molecular weight excluding hydrogens is 561 g/mol. The Bertz CT molecular complexity index is 1650. The number of ether oxygens (including phenoxy) is 2. The predicted octanol–water partition coefficient (Wildman–Crippen LogP) is 6.81. The number of anilines is 3. The second kappa shape index (κ2) is 11.8. The molecule has 1 aromatic heterocycles. The van der Waals surface area contributed by atoms with Gasteiger partial charge < -0.3 is 14.4 Å². The highest BCUT2D eigenvalue weighted by molar-refractivity contribution is 6.23. The van der Waals surface area contributed by atoms with E-state index >= 15 is 0 Å². The zero-order valence-electron chi connectivity index (χ0n) is 24.2. The van der Waals surface area contributed by atoms with E-state index in [-0.39, 0.29) is 23.7 Å². The van der Waals surface area contributed by atoms with Gasteiger partial charge >= 0.3 is 6.18 Å². The highest BCUT2D eigenvalue weighted by Crippen LogP contribution is 2.47.